The summed E-state index contributed by atoms with van der Waals surface area (Å²) in [5.41, 5.74) is 36.1. The van der Waals surface area contributed by atoms with Crippen molar-refractivity contribution in [1.29, 1.82) is 0 Å². The van der Waals surface area contributed by atoms with E-state index in [0.717, 1.165) is 43.9 Å². The first-order valence-corrected chi connectivity index (χ1v) is 35.4. The minimum Gasteiger partial charge on any atom is -0.456 e. The van der Waals surface area contributed by atoms with Gasteiger partial charge in [-0.3, -0.25) is 0 Å². The molecule has 102 heavy (non-hydrogen) atoms. The van der Waals surface area contributed by atoms with Crippen LogP contribution in [0.2, 0.25) is 0 Å². The summed E-state index contributed by atoms with van der Waals surface area (Å²) in [6.45, 7) is 0. The molecule has 16 aromatic carbocycles. The maximum atomic E-state index is 6.19. The van der Waals surface area contributed by atoms with E-state index < -0.39 is 10.8 Å². The van der Waals surface area contributed by atoms with Crippen LogP contribution in [0.1, 0.15) is 44.5 Å². The molecule has 0 saturated heterocycles. The Morgan fingerprint density at radius 1 is 0.176 bits per heavy atom. The average Bonchev–Trinajstić information content (AvgIpc) is 1.51. The van der Waals surface area contributed by atoms with Crippen LogP contribution in [-0.4, -0.2) is 9.13 Å². The summed E-state index contributed by atoms with van der Waals surface area (Å²) < 4.78 is 17.3. The number of para-hydroxylation sites is 6. The van der Waals surface area contributed by atoms with E-state index >= 15 is 0 Å². The lowest BCUT2D eigenvalue weighted by Gasteiger charge is -2.30. The molecule has 0 bridgehead atoms. The van der Waals surface area contributed by atoms with Crippen LogP contribution < -0.4 is 0 Å². The highest BCUT2D eigenvalue weighted by molar-refractivity contribution is 6.12. The second-order valence-electron chi connectivity index (χ2n) is 28.0. The highest BCUT2D eigenvalue weighted by atomic mass is 16.3. The van der Waals surface area contributed by atoms with Crippen LogP contribution in [0.5, 0.6) is 0 Å². The van der Waals surface area contributed by atoms with Gasteiger partial charge < -0.3 is 18.0 Å². The fraction of sp³-hybridized carbons (Fsp3) is 0.0204. The molecule has 0 N–H and O–H groups in total. The lowest BCUT2D eigenvalue weighted by molar-refractivity contribution is 0.668. The summed E-state index contributed by atoms with van der Waals surface area (Å²) in [4.78, 5) is 0. The fourth-order valence-electron chi connectivity index (χ4n) is 19.1. The Hall–Kier alpha value is -13.3. The van der Waals surface area contributed by atoms with Crippen molar-refractivity contribution in [3.63, 3.8) is 0 Å². The third-order valence-electron chi connectivity index (χ3n) is 23.2. The van der Waals surface area contributed by atoms with Gasteiger partial charge in [0.2, 0.25) is 0 Å². The molecule has 4 nitrogen and oxygen atoms in total. The summed E-state index contributed by atoms with van der Waals surface area (Å²) in [6.07, 6.45) is 0. The van der Waals surface area contributed by atoms with Gasteiger partial charge in [-0.2, -0.15) is 0 Å². The first-order valence-electron chi connectivity index (χ1n) is 35.4. The second-order valence-corrected chi connectivity index (χ2v) is 28.0. The van der Waals surface area contributed by atoms with Gasteiger partial charge in [-0.15, -0.1) is 0 Å². The van der Waals surface area contributed by atoms with E-state index in [1.807, 2.05) is 24.3 Å². The maximum Gasteiger partial charge on any atom is 0.135 e. The van der Waals surface area contributed by atoms with Gasteiger partial charge in [0.25, 0.3) is 0 Å². The standard InChI is InChI=1S/C49H30N2.C49H28O2/c1-7-19-41-33(13-1)34-14-2-8-20-42(34)49(41)43-27-25-31(50-45-21-9-3-15-35(45)36-16-4-10-22-46(36)50)29-39(43)40-30-32(26-28-44(40)49)51-47-23-11-5-17-37(47)38-18-6-12-24-48(38)51;1-5-13-41-33(9-1)34-10-2-6-14-42(34)49(41)43-21-17-29(31-19-23-47-39(27-31)35-11-3-7-15-45(35)50-47)25-37(43)38-26-30(18-22-44(38)49)32-20-24-48-40(28-32)36-12-4-8-16-46(36)51-48/h1-30H;1-28H. The predicted molar refractivity (Wildman–Crippen MR) is 420 cm³/mol. The zero-order chi connectivity index (χ0) is 66.5. The lowest BCUT2D eigenvalue weighted by Crippen LogP contribution is -2.25. The minimum absolute atomic E-state index is 0.398. The number of hydrogen-bond acceptors (Lipinski definition) is 2. The topological polar surface area (TPSA) is 36.1 Å². The number of hydrogen-bond donors (Lipinski definition) is 0. The van der Waals surface area contributed by atoms with Crippen LogP contribution in [0.3, 0.4) is 0 Å². The molecule has 0 saturated carbocycles. The largest absolute Gasteiger partial charge is 0.456 e. The molecule has 472 valence electrons. The number of fused-ring (bicyclic) bond motifs is 32. The Bertz CT molecular complexity index is 6510. The lowest BCUT2D eigenvalue weighted by atomic mass is 9.70. The van der Waals surface area contributed by atoms with Crippen molar-refractivity contribution in [3.8, 4) is 78.1 Å². The second kappa shape index (κ2) is 20.7. The van der Waals surface area contributed by atoms with Gasteiger partial charge >= 0.3 is 0 Å². The van der Waals surface area contributed by atoms with Gasteiger partial charge in [0.05, 0.1) is 32.9 Å². The molecular weight excluding hydrogens is 1240 g/mol. The normalized spacial score (nSPS) is 13.6. The van der Waals surface area contributed by atoms with Gasteiger partial charge in [0, 0.05) is 54.5 Å². The van der Waals surface area contributed by atoms with Crippen molar-refractivity contribution in [2.75, 3.05) is 0 Å². The molecule has 0 fully saturated rings. The molecule has 0 aliphatic heterocycles. The van der Waals surface area contributed by atoms with E-state index in [1.54, 1.807) is 0 Å². The third-order valence-corrected chi connectivity index (χ3v) is 23.2. The maximum absolute atomic E-state index is 6.19. The number of aromatic nitrogens is 2. The van der Waals surface area contributed by atoms with Gasteiger partial charge in [0.15, 0.2) is 0 Å². The third kappa shape index (κ3) is 7.34. The number of rotatable bonds is 4. The predicted octanol–water partition coefficient (Wildman–Crippen LogP) is 25.4. The summed E-state index contributed by atoms with van der Waals surface area (Å²) in [7, 11) is 0. The molecule has 0 radical (unpaired) electrons. The minimum atomic E-state index is -0.406. The Balaban J connectivity index is 0.000000126. The van der Waals surface area contributed by atoms with Gasteiger partial charge in [0.1, 0.15) is 22.3 Å². The molecule has 24 rings (SSSR count). The zero-order valence-electron chi connectivity index (χ0n) is 55.2. The van der Waals surface area contributed by atoms with Crippen LogP contribution in [0.15, 0.2) is 361 Å². The molecule has 20 aromatic rings. The highest BCUT2D eigenvalue weighted by Crippen LogP contribution is 2.65. The molecule has 0 unspecified atom stereocenters. The monoisotopic (exact) mass is 1290 g/mol. The number of nitrogens with zero attached hydrogens (tertiary/aromatic N) is 2. The van der Waals surface area contributed by atoms with E-state index in [-0.39, 0.29) is 0 Å². The Labute approximate surface area is 587 Å². The molecule has 0 amide bonds. The first-order chi connectivity index (χ1) is 50.6. The molecule has 2 spiro atoms. The Kier molecular flexibility index (Phi) is 11.3. The molecule has 4 heteroatoms. The summed E-state index contributed by atoms with van der Waals surface area (Å²) in [6, 6.07) is 130. The SMILES string of the molecule is c1ccc2c(c1)-c1ccccc1C21c2ccc(-c3ccc4oc5ccccc5c4c3)cc2-c2cc(-c3ccc4oc5ccccc5c4c3)ccc21.c1ccc2c(c1)-c1ccccc1C21c2ccc(-n3c4ccccc4c4ccccc43)cc2-c2cc(-n3c4ccccc4c4ccccc43)ccc21. The summed E-state index contributed by atoms with van der Waals surface area (Å²) in [5, 5.41) is 9.68. The Morgan fingerprint density at radius 3 is 0.794 bits per heavy atom. The summed E-state index contributed by atoms with van der Waals surface area (Å²) >= 11 is 0. The van der Waals surface area contributed by atoms with Gasteiger partial charge in [-0.1, -0.05) is 255 Å². The van der Waals surface area contributed by atoms with Crippen LogP contribution >= 0.6 is 0 Å². The van der Waals surface area contributed by atoms with Crippen molar-refractivity contribution >= 4 is 87.5 Å². The first kappa shape index (κ1) is 55.7. The van der Waals surface area contributed by atoms with Crippen molar-refractivity contribution in [2.24, 2.45) is 0 Å². The highest BCUT2D eigenvalue weighted by Gasteiger charge is 2.53. The van der Waals surface area contributed by atoms with E-state index in [4.69, 9.17) is 8.83 Å². The smallest absolute Gasteiger partial charge is 0.135 e. The molecule has 4 aromatic heterocycles. The molecular formula is C98H58N2O2. The zero-order valence-corrected chi connectivity index (χ0v) is 55.2. The van der Waals surface area contributed by atoms with Crippen molar-refractivity contribution < 1.29 is 8.83 Å². The van der Waals surface area contributed by atoms with Crippen molar-refractivity contribution in [1.82, 2.24) is 9.13 Å². The fourth-order valence-corrected chi connectivity index (χ4v) is 19.1. The van der Waals surface area contributed by atoms with E-state index in [0.29, 0.717) is 0 Å². The number of benzene rings is 16. The van der Waals surface area contributed by atoms with E-state index in [2.05, 4.69) is 337 Å². The van der Waals surface area contributed by atoms with Gasteiger partial charge in [-0.05, 0) is 208 Å². The molecule has 4 heterocycles. The van der Waals surface area contributed by atoms with Crippen LogP contribution in [-0.2, 0) is 10.8 Å². The summed E-state index contributed by atoms with van der Waals surface area (Å²) in [5.74, 6) is 0. The molecule has 4 aliphatic carbocycles. The van der Waals surface area contributed by atoms with E-state index in [9.17, 15) is 0 Å². The van der Waals surface area contributed by atoms with Crippen molar-refractivity contribution in [2.45, 2.75) is 10.8 Å². The van der Waals surface area contributed by atoms with E-state index in [1.165, 1.54) is 166 Å². The molecule has 4 aliphatic rings. The average molecular weight is 1300 g/mol. The number of furan rings is 2. The van der Waals surface area contributed by atoms with Crippen LogP contribution in [0.4, 0.5) is 0 Å². The Morgan fingerprint density at radius 2 is 0.431 bits per heavy atom. The van der Waals surface area contributed by atoms with Crippen molar-refractivity contribution in [3.05, 3.63) is 396 Å². The van der Waals surface area contributed by atoms with Crippen LogP contribution in [0.25, 0.3) is 166 Å². The molecule has 0 atom stereocenters. The van der Waals surface area contributed by atoms with Crippen LogP contribution in [0, 0.1) is 0 Å². The van der Waals surface area contributed by atoms with Gasteiger partial charge in [-0.25, -0.2) is 0 Å². The quantitative estimate of drug-likeness (QED) is 0.176.